The van der Waals surface area contributed by atoms with E-state index in [0.29, 0.717) is 21.0 Å². The van der Waals surface area contributed by atoms with Crippen LogP contribution >= 0.6 is 22.6 Å². The van der Waals surface area contributed by atoms with Crippen LogP contribution in [-0.2, 0) is 0 Å². The number of para-hydroxylation sites is 1. The number of anilines is 1. The van der Waals surface area contributed by atoms with Gasteiger partial charge < -0.3 is 10.5 Å². The molecule has 0 aliphatic heterocycles. The molecule has 0 bridgehead atoms. The average molecular weight is 313 g/mol. The fraction of sp³-hybridized carbons (Fsp3) is 0. The monoisotopic (exact) mass is 313 g/mol. The van der Waals surface area contributed by atoms with Gasteiger partial charge in [-0.05, 0) is 34.7 Å². The van der Waals surface area contributed by atoms with Crippen molar-refractivity contribution in [1.29, 1.82) is 0 Å². The molecule has 1 heterocycles. The Morgan fingerprint density at radius 1 is 1.13 bits per heavy atom. The summed E-state index contributed by atoms with van der Waals surface area (Å²) in [6.07, 6.45) is 1.43. The number of ether oxygens (including phenoxy) is 1. The van der Waals surface area contributed by atoms with Crippen LogP contribution in [0.15, 0.2) is 36.7 Å². The van der Waals surface area contributed by atoms with E-state index in [0.717, 1.165) is 0 Å². The second-order valence-electron chi connectivity index (χ2n) is 2.80. The molecule has 15 heavy (non-hydrogen) atoms. The SMILES string of the molecule is Nc1c(I)ncnc1Oc1ccccc1. The Bertz CT molecular complexity index is 461. The average Bonchev–Trinajstić information content (AvgIpc) is 2.26. The molecular weight excluding hydrogens is 305 g/mol. The Morgan fingerprint density at radius 3 is 2.60 bits per heavy atom. The summed E-state index contributed by atoms with van der Waals surface area (Å²) < 4.78 is 6.20. The fourth-order valence-electron chi connectivity index (χ4n) is 1.04. The molecule has 5 heteroatoms. The molecule has 0 amide bonds. The van der Waals surface area contributed by atoms with Gasteiger partial charge in [0.2, 0.25) is 5.88 Å². The number of hydrogen-bond donors (Lipinski definition) is 1. The van der Waals surface area contributed by atoms with Gasteiger partial charge in [0.1, 0.15) is 21.5 Å². The smallest absolute Gasteiger partial charge is 0.246 e. The van der Waals surface area contributed by atoms with E-state index >= 15 is 0 Å². The highest BCUT2D eigenvalue weighted by Gasteiger charge is 2.07. The van der Waals surface area contributed by atoms with E-state index in [9.17, 15) is 0 Å². The summed E-state index contributed by atoms with van der Waals surface area (Å²) in [4.78, 5) is 7.92. The molecule has 2 aromatic rings. The van der Waals surface area contributed by atoms with Crippen molar-refractivity contribution in [3.8, 4) is 11.6 Å². The predicted molar refractivity (Wildman–Crippen MR) is 65.7 cm³/mol. The third-order valence-corrected chi connectivity index (χ3v) is 2.62. The van der Waals surface area contributed by atoms with Crippen LogP contribution < -0.4 is 10.5 Å². The van der Waals surface area contributed by atoms with Gasteiger partial charge in [-0.1, -0.05) is 18.2 Å². The number of benzene rings is 1. The number of hydrogen-bond acceptors (Lipinski definition) is 4. The minimum absolute atomic E-state index is 0.389. The molecule has 1 aromatic carbocycles. The van der Waals surface area contributed by atoms with Crippen molar-refractivity contribution < 1.29 is 4.74 Å². The van der Waals surface area contributed by atoms with Crippen LogP contribution in [0.4, 0.5) is 5.69 Å². The van der Waals surface area contributed by atoms with Crippen LogP contribution in [0, 0.1) is 3.70 Å². The maximum absolute atomic E-state index is 5.77. The predicted octanol–water partition coefficient (Wildman–Crippen LogP) is 2.46. The zero-order valence-electron chi connectivity index (χ0n) is 7.72. The molecule has 0 unspecified atom stereocenters. The Labute approximate surface area is 101 Å². The normalized spacial score (nSPS) is 9.93. The summed E-state index contributed by atoms with van der Waals surface area (Å²) in [6.45, 7) is 0. The molecule has 1 aromatic heterocycles. The highest BCUT2D eigenvalue weighted by molar-refractivity contribution is 14.1. The van der Waals surface area contributed by atoms with Crippen LogP contribution in [0.3, 0.4) is 0 Å². The first-order valence-electron chi connectivity index (χ1n) is 4.26. The Balaban J connectivity index is 2.29. The van der Waals surface area contributed by atoms with Crippen LogP contribution in [0.5, 0.6) is 11.6 Å². The highest BCUT2D eigenvalue weighted by Crippen LogP contribution is 2.26. The van der Waals surface area contributed by atoms with Crippen molar-refractivity contribution in [2.24, 2.45) is 0 Å². The fourth-order valence-corrected chi connectivity index (χ4v) is 1.40. The van der Waals surface area contributed by atoms with Gasteiger partial charge in [0.25, 0.3) is 0 Å². The standard InChI is InChI=1S/C10H8IN3O/c11-9-8(12)10(14-6-13-9)15-7-4-2-1-3-5-7/h1-6H,12H2. The molecule has 0 fully saturated rings. The minimum Gasteiger partial charge on any atom is -0.437 e. The van der Waals surface area contributed by atoms with Crippen LogP contribution in [0.2, 0.25) is 0 Å². The van der Waals surface area contributed by atoms with E-state index in [-0.39, 0.29) is 0 Å². The van der Waals surface area contributed by atoms with Gasteiger partial charge in [0, 0.05) is 0 Å². The number of aromatic nitrogens is 2. The molecule has 0 aliphatic rings. The van der Waals surface area contributed by atoms with Crippen molar-refractivity contribution in [1.82, 2.24) is 9.97 Å². The lowest BCUT2D eigenvalue weighted by molar-refractivity contribution is 0.463. The van der Waals surface area contributed by atoms with Crippen molar-refractivity contribution in [2.45, 2.75) is 0 Å². The summed E-state index contributed by atoms with van der Waals surface area (Å²) >= 11 is 2.04. The number of nitrogen functional groups attached to an aromatic ring is 1. The third kappa shape index (κ3) is 2.35. The van der Waals surface area contributed by atoms with Crippen molar-refractivity contribution in [3.05, 3.63) is 40.4 Å². The summed E-state index contributed by atoms with van der Waals surface area (Å²) in [5.41, 5.74) is 6.23. The molecule has 2 rings (SSSR count). The molecule has 0 spiro atoms. The maximum Gasteiger partial charge on any atom is 0.246 e. The third-order valence-electron chi connectivity index (χ3n) is 1.76. The van der Waals surface area contributed by atoms with Gasteiger partial charge in [-0.15, -0.1) is 0 Å². The van der Waals surface area contributed by atoms with E-state index in [1.54, 1.807) is 0 Å². The molecule has 4 nitrogen and oxygen atoms in total. The minimum atomic E-state index is 0.389. The van der Waals surface area contributed by atoms with E-state index in [1.807, 2.05) is 52.9 Å². The van der Waals surface area contributed by atoms with E-state index in [4.69, 9.17) is 10.5 Å². The molecule has 0 saturated heterocycles. The molecule has 0 saturated carbocycles. The Hall–Kier alpha value is -1.37. The number of nitrogens with zero attached hydrogens (tertiary/aromatic N) is 2. The molecule has 0 aliphatic carbocycles. The lowest BCUT2D eigenvalue weighted by Gasteiger charge is -2.06. The number of rotatable bonds is 2. The Kier molecular flexibility index (Phi) is 3.00. The number of nitrogens with two attached hydrogens (primary N) is 1. The van der Waals surface area contributed by atoms with Gasteiger partial charge in [0.15, 0.2) is 0 Å². The Morgan fingerprint density at radius 2 is 1.87 bits per heavy atom. The van der Waals surface area contributed by atoms with Crippen molar-refractivity contribution in [2.75, 3.05) is 5.73 Å². The highest BCUT2D eigenvalue weighted by atomic mass is 127. The maximum atomic E-state index is 5.77. The molecule has 2 N–H and O–H groups in total. The van der Waals surface area contributed by atoms with Crippen LogP contribution in [0.25, 0.3) is 0 Å². The van der Waals surface area contributed by atoms with E-state index in [1.165, 1.54) is 6.33 Å². The zero-order valence-corrected chi connectivity index (χ0v) is 9.88. The topological polar surface area (TPSA) is 61.0 Å². The first kappa shape index (κ1) is 10.2. The molecule has 0 atom stereocenters. The summed E-state index contributed by atoms with van der Waals surface area (Å²) in [6, 6.07) is 9.37. The lowest BCUT2D eigenvalue weighted by Crippen LogP contribution is -1.99. The van der Waals surface area contributed by atoms with Gasteiger partial charge in [-0.2, -0.15) is 4.98 Å². The van der Waals surface area contributed by atoms with Crippen molar-refractivity contribution in [3.63, 3.8) is 0 Å². The van der Waals surface area contributed by atoms with Gasteiger partial charge in [0.05, 0.1) is 0 Å². The zero-order chi connectivity index (χ0) is 10.7. The van der Waals surface area contributed by atoms with E-state index in [2.05, 4.69) is 9.97 Å². The van der Waals surface area contributed by atoms with E-state index < -0.39 is 0 Å². The van der Waals surface area contributed by atoms with Gasteiger partial charge in [-0.25, -0.2) is 4.98 Å². The second-order valence-corrected chi connectivity index (χ2v) is 3.82. The first-order chi connectivity index (χ1) is 7.27. The largest absolute Gasteiger partial charge is 0.437 e. The van der Waals surface area contributed by atoms with Crippen LogP contribution in [0.1, 0.15) is 0 Å². The molecule has 76 valence electrons. The summed E-state index contributed by atoms with van der Waals surface area (Å²) in [7, 11) is 0. The molecule has 0 radical (unpaired) electrons. The van der Waals surface area contributed by atoms with Crippen molar-refractivity contribution >= 4 is 28.3 Å². The quantitative estimate of drug-likeness (QED) is 0.683. The first-order valence-corrected chi connectivity index (χ1v) is 5.34. The molecular formula is C10H8IN3O. The van der Waals surface area contributed by atoms with Gasteiger partial charge in [-0.3, -0.25) is 0 Å². The van der Waals surface area contributed by atoms with Gasteiger partial charge >= 0.3 is 0 Å². The number of halogens is 1. The summed E-state index contributed by atoms with van der Waals surface area (Å²) in [5.74, 6) is 1.10. The summed E-state index contributed by atoms with van der Waals surface area (Å²) in [5, 5.41) is 0. The van der Waals surface area contributed by atoms with Crippen LogP contribution in [-0.4, -0.2) is 9.97 Å². The lowest BCUT2D eigenvalue weighted by atomic mass is 10.3. The second kappa shape index (κ2) is 4.43.